The molecule has 0 aromatic carbocycles. The molecule has 0 radical (unpaired) electrons. The van der Waals surface area contributed by atoms with Crippen molar-refractivity contribution in [2.75, 3.05) is 0 Å². The van der Waals surface area contributed by atoms with Gasteiger partial charge in [-0.2, -0.15) is 5.26 Å². The fraction of sp³-hybridized carbons (Fsp3) is 0.889. The fourth-order valence-electron chi connectivity index (χ4n) is 1.90. The van der Waals surface area contributed by atoms with Crippen LogP contribution in [0.1, 0.15) is 33.1 Å². The highest BCUT2D eigenvalue weighted by atomic mass is 16.3. The Bertz CT molecular complexity index is 182. The molecule has 0 bridgehead atoms. The zero-order valence-electron chi connectivity index (χ0n) is 7.17. The molecule has 0 aromatic heterocycles. The van der Waals surface area contributed by atoms with Crippen molar-refractivity contribution < 1.29 is 5.11 Å². The number of nitriles is 1. The molecular formula is C9H15NO. The Morgan fingerprint density at radius 1 is 1.73 bits per heavy atom. The van der Waals surface area contributed by atoms with Crippen molar-refractivity contribution in [3.63, 3.8) is 0 Å². The SMILES string of the molecule is CC1CCC(C#N)(C(C)O)C1. The van der Waals surface area contributed by atoms with Gasteiger partial charge >= 0.3 is 0 Å². The van der Waals surface area contributed by atoms with E-state index in [9.17, 15) is 5.11 Å². The van der Waals surface area contributed by atoms with E-state index in [1.807, 2.05) is 0 Å². The van der Waals surface area contributed by atoms with Crippen molar-refractivity contribution >= 4 is 0 Å². The molecule has 1 fully saturated rings. The van der Waals surface area contributed by atoms with Gasteiger partial charge in [0.25, 0.3) is 0 Å². The molecule has 0 amide bonds. The third kappa shape index (κ3) is 1.39. The molecule has 0 spiro atoms. The van der Waals surface area contributed by atoms with E-state index in [-0.39, 0.29) is 0 Å². The number of hydrogen-bond acceptors (Lipinski definition) is 2. The quantitative estimate of drug-likeness (QED) is 0.623. The van der Waals surface area contributed by atoms with Crippen LogP contribution in [0.15, 0.2) is 0 Å². The monoisotopic (exact) mass is 153 g/mol. The molecule has 2 heteroatoms. The predicted molar refractivity (Wildman–Crippen MR) is 42.7 cm³/mol. The molecule has 1 saturated carbocycles. The van der Waals surface area contributed by atoms with Crippen LogP contribution in [0.5, 0.6) is 0 Å². The van der Waals surface area contributed by atoms with Crippen LogP contribution in [0.25, 0.3) is 0 Å². The summed E-state index contributed by atoms with van der Waals surface area (Å²) in [5.74, 6) is 0.601. The molecule has 1 aliphatic rings. The lowest BCUT2D eigenvalue weighted by molar-refractivity contribution is 0.0819. The number of aliphatic hydroxyl groups is 1. The summed E-state index contributed by atoms with van der Waals surface area (Å²) in [6.45, 7) is 3.86. The second kappa shape index (κ2) is 2.83. The maximum Gasteiger partial charge on any atom is 0.0832 e. The van der Waals surface area contributed by atoms with Crippen LogP contribution in [0, 0.1) is 22.7 Å². The zero-order chi connectivity index (χ0) is 8.48. The summed E-state index contributed by atoms with van der Waals surface area (Å²) in [6, 6.07) is 2.26. The summed E-state index contributed by atoms with van der Waals surface area (Å²) in [5, 5.41) is 18.3. The van der Waals surface area contributed by atoms with Crippen LogP contribution in [0.3, 0.4) is 0 Å². The van der Waals surface area contributed by atoms with Crippen molar-refractivity contribution in [1.82, 2.24) is 0 Å². The highest BCUT2D eigenvalue weighted by Gasteiger charge is 2.41. The lowest BCUT2D eigenvalue weighted by Gasteiger charge is -2.23. The molecule has 2 nitrogen and oxygen atoms in total. The highest BCUT2D eigenvalue weighted by Crippen LogP contribution is 2.43. The van der Waals surface area contributed by atoms with Gasteiger partial charge in [0.1, 0.15) is 0 Å². The number of rotatable bonds is 1. The van der Waals surface area contributed by atoms with Gasteiger partial charge in [-0.05, 0) is 32.1 Å². The predicted octanol–water partition coefficient (Wildman–Crippen LogP) is 1.70. The summed E-state index contributed by atoms with van der Waals surface area (Å²) in [5.41, 5.74) is -0.431. The van der Waals surface area contributed by atoms with E-state index in [1.54, 1.807) is 6.92 Å². The van der Waals surface area contributed by atoms with E-state index in [4.69, 9.17) is 5.26 Å². The number of hydrogen-bond donors (Lipinski definition) is 1. The van der Waals surface area contributed by atoms with Gasteiger partial charge in [-0.15, -0.1) is 0 Å². The molecule has 1 N–H and O–H groups in total. The van der Waals surface area contributed by atoms with Gasteiger partial charge in [-0.3, -0.25) is 0 Å². The number of aliphatic hydroxyl groups excluding tert-OH is 1. The number of nitrogens with zero attached hydrogens (tertiary/aromatic N) is 1. The summed E-state index contributed by atoms with van der Waals surface area (Å²) in [4.78, 5) is 0. The Labute approximate surface area is 67.8 Å². The Balaban J connectivity index is 2.73. The average molecular weight is 153 g/mol. The minimum Gasteiger partial charge on any atom is -0.392 e. The molecule has 62 valence electrons. The summed E-state index contributed by atoms with van der Waals surface area (Å²) < 4.78 is 0. The summed E-state index contributed by atoms with van der Waals surface area (Å²) >= 11 is 0. The van der Waals surface area contributed by atoms with E-state index >= 15 is 0 Å². The third-order valence-electron chi connectivity index (χ3n) is 2.82. The first-order chi connectivity index (χ1) is 5.10. The van der Waals surface area contributed by atoms with Crippen molar-refractivity contribution in [3.8, 4) is 6.07 Å². The molecule has 1 aliphatic carbocycles. The van der Waals surface area contributed by atoms with Crippen LogP contribution < -0.4 is 0 Å². The molecule has 1 rings (SSSR count). The highest BCUT2D eigenvalue weighted by molar-refractivity contribution is 5.06. The van der Waals surface area contributed by atoms with Crippen LogP contribution in [0.2, 0.25) is 0 Å². The molecular weight excluding hydrogens is 138 g/mol. The first kappa shape index (κ1) is 8.55. The topological polar surface area (TPSA) is 44.0 Å². The van der Waals surface area contributed by atoms with Gasteiger partial charge in [0.15, 0.2) is 0 Å². The van der Waals surface area contributed by atoms with Gasteiger partial charge in [0.05, 0.1) is 17.6 Å². The van der Waals surface area contributed by atoms with E-state index in [1.165, 1.54) is 0 Å². The van der Waals surface area contributed by atoms with Crippen molar-refractivity contribution in [1.29, 1.82) is 5.26 Å². The molecule has 3 unspecified atom stereocenters. The molecule has 0 aliphatic heterocycles. The van der Waals surface area contributed by atoms with Gasteiger partial charge < -0.3 is 5.11 Å². The second-order valence-corrected chi connectivity index (χ2v) is 3.79. The Morgan fingerprint density at radius 3 is 2.55 bits per heavy atom. The Kier molecular flexibility index (Phi) is 2.20. The van der Waals surface area contributed by atoms with Crippen molar-refractivity contribution in [2.24, 2.45) is 11.3 Å². The van der Waals surface area contributed by atoms with Crippen LogP contribution in [-0.2, 0) is 0 Å². The van der Waals surface area contributed by atoms with Crippen LogP contribution in [-0.4, -0.2) is 11.2 Å². The van der Waals surface area contributed by atoms with Crippen molar-refractivity contribution in [2.45, 2.75) is 39.2 Å². The minimum atomic E-state index is -0.475. The lowest BCUT2D eigenvalue weighted by atomic mass is 9.82. The summed E-state index contributed by atoms with van der Waals surface area (Å²) in [6.07, 6.45) is 2.33. The van der Waals surface area contributed by atoms with Crippen LogP contribution in [0.4, 0.5) is 0 Å². The van der Waals surface area contributed by atoms with E-state index in [2.05, 4.69) is 13.0 Å². The Hall–Kier alpha value is -0.550. The third-order valence-corrected chi connectivity index (χ3v) is 2.82. The van der Waals surface area contributed by atoms with Crippen molar-refractivity contribution in [3.05, 3.63) is 0 Å². The lowest BCUT2D eigenvalue weighted by Crippen LogP contribution is -2.28. The maximum atomic E-state index is 9.40. The average Bonchev–Trinajstić information content (AvgIpc) is 2.33. The largest absolute Gasteiger partial charge is 0.392 e. The molecule has 0 heterocycles. The molecule has 11 heavy (non-hydrogen) atoms. The zero-order valence-corrected chi connectivity index (χ0v) is 7.17. The van der Waals surface area contributed by atoms with E-state index in [0.717, 1.165) is 19.3 Å². The van der Waals surface area contributed by atoms with Gasteiger partial charge in [-0.25, -0.2) is 0 Å². The normalized spacial score (nSPS) is 40.0. The minimum absolute atomic E-state index is 0.431. The van der Waals surface area contributed by atoms with E-state index in [0.29, 0.717) is 5.92 Å². The fourth-order valence-corrected chi connectivity index (χ4v) is 1.90. The smallest absolute Gasteiger partial charge is 0.0832 e. The standard InChI is InChI=1S/C9H15NO/c1-7-3-4-9(5-7,6-10)8(2)11/h7-8,11H,3-5H2,1-2H3. The van der Waals surface area contributed by atoms with Gasteiger partial charge in [-0.1, -0.05) is 6.92 Å². The van der Waals surface area contributed by atoms with Crippen LogP contribution >= 0.6 is 0 Å². The first-order valence-electron chi connectivity index (χ1n) is 4.20. The summed E-state index contributed by atoms with van der Waals surface area (Å²) in [7, 11) is 0. The van der Waals surface area contributed by atoms with E-state index < -0.39 is 11.5 Å². The molecule has 0 saturated heterocycles. The second-order valence-electron chi connectivity index (χ2n) is 3.79. The maximum absolute atomic E-state index is 9.40. The first-order valence-corrected chi connectivity index (χ1v) is 4.20. The van der Waals surface area contributed by atoms with Gasteiger partial charge in [0, 0.05) is 0 Å². The van der Waals surface area contributed by atoms with Gasteiger partial charge in [0.2, 0.25) is 0 Å². The molecule has 3 atom stereocenters. The Morgan fingerprint density at radius 2 is 2.36 bits per heavy atom. The molecule has 0 aromatic rings.